The summed E-state index contributed by atoms with van der Waals surface area (Å²) < 4.78 is 34.3. The number of hydrogen-bond acceptors (Lipinski definition) is 4. The van der Waals surface area contributed by atoms with Gasteiger partial charge in [-0.15, -0.1) is 0 Å². The Morgan fingerprint density at radius 3 is 1.82 bits per heavy atom. The third-order valence-corrected chi connectivity index (χ3v) is 8.52. The first-order valence-electron chi connectivity index (χ1n) is 14.3. The van der Waals surface area contributed by atoms with Crippen molar-refractivity contribution in [2.45, 2.75) is 117 Å². The number of hydrogen-bond donors (Lipinski definition) is 0. The fraction of sp³-hybridized carbons (Fsp3) is 0.963. The van der Waals surface area contributed by atoms with Crippen LogP contribution in [-0.4, -0.2) is 73.3 Å². The maximum atomic E-state index is 13.0. The molecule has 0 N–H and O–H groups in total. The van der Waals surface area contributed by atoms with Crippen LogP contribution in [0.5, 0.6) is 0 Å². The van der Waals surface area contributed by atoms with E-state index in [9.17, 15) is 17.8 Å². The van der Waals surface area contributed by atoms with Gasteiger partial charge in [-0.25, -0.2) is 8.42 Å². The number of nitrogens with zero attached hydrogens (tertiary/aromatic N) is 2. The van der Waals surface area contributed by atoms with Gasteiger partial charge in [0.2, 0.25) is 5.91 Å². The Balaban J connectivity index is 2.46. The number of carbonyl (C=O) groups is 1. The van der Waals surface area contributed by atoms with Crippen molar-refractivity contribution in [1.29, 1.82) is 0 Å². The number of amides is 1. The van der Waals surface area contributed by atoms with E-state index in [4.69, 9.17) is 0 Å². The molecule has 0 aliphatic carbocycles. The molecule has 202 valence electrons. The van der Waals surface area contributed by atoms with Gasteiger partial charge in [-0.3, -0.25) is 4.79 Å². The van der Waals surface area contributed by atoms with Crippen LogP contribution in [0.25, 0.3) is 0 Å². The Bertz CT molecular complexity index is 637. The highest BCUT2D eigenvalue weighted by molar-refractivity contribution is 7.85. The standard InChI is InChI=1S/C27H54N2O4S/c1-4-7-8-9-10-11-12-13-14-15-16-17-21-29(23-19-24-34(31,32)33)22-18-20-26(25-29)27(30)28(5-2)6-3/h26H,4-25H2,1-3H3/t26?,29-/m1/s1. The molecule has 1 unspecified atom stereocenters. The Morgan fingerprint density at radius 1 is 0.824 bits per heavy atom. The summed E-state index contributed by atoms with van der Waals surface area (Å²) in [6, 6.07) is 0. The largest absolute Gasteiger partial charge is 0.748 e. The lowest BCUT2D eigenvalue weighted by molar-refractivity contribution is -0.935. The third-order valence-electron chi connectivity index (χ3n) is 7.73. The number of quaternary nitrogens is 1. The van der Waals surface area contributed by atoms with Gasteiger partial charge in [0.15, 0.2) is 0 Å². The van der Waals surface area contributed by atoms with E-state index in [2.05, 4.69) is 6.92 Å². The predicted molar refractivity (Wildman–Crippen MR) is 141 cm³/mol. The molecular formula is C27H54N2O4S. The molecule has 1 fully saturated rings. The van der Waals surface area contributed by atoms with E-state index in [1.165, 1.54) is 70.6 Å². The number of likely N-dealkylation sites (tertiary alicyclic amines) is 1. The van der Waals surface area contributed by atoms with Crippen LogP contribution >= 0.6 is 0 Å². The minimum absolute atomic E-state index is 0.0230. The second-order valence-corrected chi connectivity index (χ2v) is 12.1. The lowest BCUT2D eigenvalue weighted by Crippen LogP contribution is -2.58. The van der Waals surface area contributed by atoms with E-state index >= 15 is 0 Å². The van der Waals surface area contributed by atoms with Crippen LogP contribution in [0.4, 0.5) is 0 Å². The van der Waals surface area contributed by atoms with Gasteiger partial charge in [-0.2, -0.15) is 0 Å². The summed E-state index contributed by atoms with van der Waals surface area (Å²) in [5.41, 5.74) is 0. The van der Waals surface area contributed by atoms with Crippen LogP contribution in [0.1, 0.15) is 117 Å². The zero-order chi connectivity index (χ0) is 25.3. The van der Waals surface area contributed by atoms with Crippen LogP contribution < -0.4 is 0 Å². The summed E-state index contributed by atoms with van der Waals surface area (Å²) in [6.45, 7) is 11.3. The van der Waals surface area contributed by atoms with Crippen LogP contribution in [-0.2, 0) is 14.9 Å². The minimum Gasteiger partial charge on any atom is -0.748 e. The molecule has 6 nitrogen and oxygen atoms in total. The molecule has 7 heteroatoms. The molecule has 1 saturated heterocycles. The third kappa shape index (κ3) is 13.4. The van der Waals surface area contributed by atoms with Crippen molar-refractivity contribution in [3.05, 3.63) is 0 Å². The van der Waals surface area contributed by atoms with Gasteiger partial charge in [0.25, 0.3) is 0 Å². The molecule has 34 heavy (non-hydrogen) atoms. The number of carbonyl (C=O) groups excluding carboxylic acids is 1. The topological polar surface area (TPSA) is 77.5 Å². The quantitative estimate of drug-likeness (QED) is 0.121. The molecule has 0 radical (unpaired) electrons. The fourth-order valence-electron chi connectivity index (χ4n) is 5.70. The van der Waals surface area contributed by atoms with E-state index in [-0.39, 0.29) is 17.6 Å². The smallest absolute Gasteiger partial charge is 0.231 e. The normalized spacial score (nSPS) is 21.0. The van der Waals surface area contributed by atoms with Gasteiger partial charge in [0, 0.05) is 25.3 Å². The molecular weight excluding hydrogens is 448 g/mol. The number of unbranched alkanes of at least 4 members (excludes halogenated alkanes) is 11. The molecule has 1 heterocycles. The Labute approximate surface area is 211 Å². The summed E-state index contributed by atoms with van der Waals surface area (Å²) in [7, 11) is -4.19. The average Bonchev–Trinajstić information content (AvgIpc) is 2.80. The second kappa shape index (κ2) is 17.7. The van der Waals surface area contributed by atoms with Crippen molar-refractivity contribution in [1.82, 2.24) is 4.90 Å². The SMILES string of the molecule is CCCCCCCCCCCCCC[N@+]1(CCCS(=O)(=O)[O-])CCCC(C(=O)N(CC)CC)C1. The van der Waals surface area contributed by atoms with Gasteiger partial charge >= 0.3 is 0 Å². The average molecular weight is 503 g/mol. The molecule has 0 aromatic heterocycles. The predicted octanol–water partition coefficient (Wildman–Crippen LogP) is 5.72. The number of piperidine rings is 1. The van der Waals surface area contributed by atoms with E-state index in [0.29, 0.717) is 13.0 Å². The summed E-state index contributed by atoms with van der Waals surface area (Å²) in [5.74, 6) is -0.0201. The summed E-state index contributed by atoms with van der Waals surface area (Å²) in [4.78, 5) is 15.0. The molecule has 1 aliphatic heterocycles. The summed E-state index contributed by atoms with van der Waals surface area (Å²) >= 11 is 0. The van der Waals surface area contributed by atoms with Gasteiger partial charge in [0.05, 0.1) is 42.2 Å². The van der Waals surface area contributed by atoms with E-state index < -0.39 is 10.1 Å². The van der Waals surface area contributed by atoms with Gasteiger partial charge < -0.3 is 13.9 Å². The van der Waals surface area contributed by atoms with Crippen LogP contribution in [0, 0.1) is 5.92 Å². The second-order valence-electron chi connectivity index (χ2n) is 10.5. The first-order chi connectivity index (χ1) is 16.3. The fourth-order valence-corrected chi connectivity index (χ4v) is 6.18. The zero-order valence-corrected chi connectivity index (χ0v) is 23.4. The molecule has 1 amide bonds. The highest BCUT2D eigenvalue weighted by Gasteiger charge is 2.38. The monoisotopic (exact) mass is 502 g/mol. The molecule has 0 saturated carbocycles. The molecule has 1 aliphatic rings. The van der Waals surface area contributed by atoms with Gasteiger partial charge in [0.1, 0.15) is 0 Å². The van der Waals surface area contributed by atoms with Crippen molar-refractivity contribution in [3.8, 4) is 0 Å². The Morgan fingerprint density at radius 2 is 1.32 bits per heavy atom. The molecule has 0 bridgehead atoms. The zero-order valence-electron chi connectivity index (χ0n) is 22.6. The maximum Gasteiger partial charge on any atom is 0.231 e. The first kappa shape index (κ1) is 31.4. The summed E-state index contributed by atoms with van der Waals surface area (Å²) in [6.07, 6.45) is 18.1. The van der Waals surface area contributed by atoms with Gasteiger partial charge in [-0.1, -0.05) is 71.1 Å². The minimum atomic E-state index is -4.19. The maximum absolute atomic E-state index is 13.0. The molecule has 1 rings (SSSR count). The van der Waals surface area contributed by atoms with Crippen molar-refractivity contribution in [3.63, 3.8) is 0 Å². The van der Waals surface area contributed by atoms with Crippen molar-refractivity contribution >= 4 is 16.0 Å². The van der Waals surface area contributed by atoms with E-state index in [1.54, 1.807) is 0 Å². The lowest BCUT2D eigenvalue weighted by Gasteiger charge is -2.45. The van der Waals surface area contributed by atoms with Crippen molar-refractivity contribution in [2.24, 2.45) is 5.92 Å². The molecule has 0 aromatic rings. The van der Waals surface area contributed by atoms with Crippen molar-refractivity contribution in [2.75, 3.05) is 45.0 Å². The lowest BCUT2D eigenvalue weighted by atomic mass is 9.93. The first-order valence-corrected chi connectivity index (χ1v) is 15.9. The van der Waals surface area contributed by atoms with Gasteiger partial charge in [-0.05, 0) is 39.5 Å². The molecule has 2 atom stereocenters. The van der Waals surface area contributed by atoms with E-state index in [0.717, 1.165) is 56.5 Å². The Kier molecular flexibility index (Phi) is 16.3. The molecule has 0 spiro atoms. The van der Waals surface area contributed by atoms with Crippen molar-refractivity contribution < 1.29 is 22.2 Å². The van der Waals surface area contributed by atoms with Crippen LogP contribution in [0.15, 0.2) is 0 Å². The Hall–Kier alpha value is -0.660. The van der Waals surface area contributed by atoms with Crippen LogP contribution in [0.2, 0.25) is 0 Å². The molecule has 0 aromatic carbocycles. The number of rotatable bonds is 20. The van der Waals surface area contributed by atoms with Crippen LogP contribution in [0.3, 0.4) is 0 Å². The van der Waals surface area contributed by atoms with E-state index in [1.807, 2.05) is 18.7 Å². The highest BCUT2D eigenvalue weighted by atomic mass is 32.2. The highest BCUT2D eigenvalue weighted by Crippen LogP contribution is 2.27. The summed E-state index contributed by atoms with van der Waals surface area (Å²) in [5, 5.41) is 0.